The molecule has 1 unspecified atom stereocenters. The van der Waals surface area contributed by atoms with Gasteiger partial charge < -0.3 is 15.2 Å². The second-order valence-electron chi connectivity index (χ2n) is 5.32. The molecule has 8 heteroatoms. The first-order valence-electron chi connectivity index (χ1n) is 7.23. The maximum absolute atomic E-state index is 12.6. The van der Waals surface area contributed by atoms with Gasteiger partial charge in [-0.05, 0) is 18.2 Å². The molecule has 126 valence electrons. The Morgan fingerprint density at radius 1 is 1.35 bits per heavy atom. The molecule has 0 bridgehead atoms. The molecular formula is C15H18F3N3O2. The average Bonchev–Trinajstić information content (AvgIpc) is 2.52. The van der Waals surface area contributed by atoms with Crippen LogP contribution in [-0.4, -0.2) is 55.5 Å². The van der Waals surface area contributed by atoms with E-state index in [0.717, 1.165) is 25.2 Å². The molecule has 23 heavy (non-hydrogen) atoms. The zero-order valence-electron chi connectivity index (χ0n) is 12.4. The Labute approximate surface area is 132 Å². The molecule has 0 saturated carbocycles. The van der Waals surface area contributed by atoms with E-state index in [1.165, 1.54) is 6.07 Å². The van der Waals surface area contributed by atoms with Gasteiger partial charge in [0.25, 0.3) is 0 Å². The van der Waals surface area contributed by atoms with Crippen molar-refractivity contribution in [2.24, 2.45) is 0 Å². The third-order valence-corrected chi connectivity index (χ3v) is 3.57. The molecule has 1 heterocycles. The average molecular weight is 329 g/mol. The Hall–Kier alpha value is -1.82. The van der Waals surface area contributed by atoms with E-state index in [1.54, 1.807) is 6.07 Å². The quantitative estimate of drug-likeness (QED) is 0.860. The Morgan fingerprint density at radius 2 is 2.04 bits per heavy atom. The van der Waals surface area contributed by atoms with E-state index in [2.05, 4.69) is 5.32 Å². The van der Waals surface area contributed by atoms with Crippen molar-refractivity contribution >= 4 is 5.69 Å². The van der Waals surface area contributed by atoms with Crippen molar-refractivity contribution in [1.29, 1.82) is 5.26 Å². The van der Waals surface area contributed by atoms with E-state index < -0.39 is 17.8 Å². The van der Waals surface area contributed by atoms with Crippen molar-refractivity contribution < 1.29 is 23.0 Å². The van der Waals surface area contributed by atoms with Crippen molar-refractivity contribution in [3.8, 4) is 6.07 Å². The van der Waals surface area contributed by atoms with Crippen LogP contribution in [0.5, 0.6) is 0 Å². The molecule has 0 spiro atoms. The molecule has 0 aromatic heterocycles. The number of hydrogen-bond donors (Lipinski definition) is 2. The van der Waals surface area contributed by atoms with Crippen molar-refractivity contribution in [2.75, 3.05) is 44.7 Å². The van der Waals surface area contributed by atoms with Crippen LogP contribution in [0.1, 0.15) is 11.1 Å². The minimum absolute atomic E-state index is 0.0987. The van der Waals surface area contributed by atoms with E-state index >= 15 is 0 Å². The number of aliphatic hydroxyl groups excluding tert-OH is 1. The SMILES string of the molecule is N#Cc1cc(C(F)(F)F)ccc1NCC(O)CN1CCOCC1. The molecule has 1 aliphatic heterocycles. The molecule has 2 N–H and O–H groups in total. The molecule has 1 saturated heterocycles. The van der Waals surface area contributed by atoms with Crippen LogP contribution in [0.4, 0.5) is 18.9 Å². The normalized spacial score (nSPS) is 17.5. The van der Waals surface area contributed by atoms with E-state index in [-0.39, 0.29) is 17.8 Å². The van der Waals surface area contributed by atoms with Gasteiger partial charge in [0.2, 0.25) is 0 Å². The molecule has 0 amide bonds. The molecule has 5 nitrogen and oxygen atoms in total. The summed E-state index contributed by atoms with van der Waals surface area (Å²) in [6.45, 7) is 3.31. The topological polar surface area (TPSA) is 68.5 Å². The van der Waals surface area contributed by atoms with Crippen molar-refractivity contribution in [3.63, 3.8) is 0 Å². The minimum Gasteiger partial charge on any atom is -0.390 e. The number of nitrogens with one attached hydrogen (secondary N) is 1. The molecule has 1 aliphatic rings. The lowest BCUT2D eigenvalue weighted by Crippen LogP contribution is -2.42. The van der Waals surface area contributed by atoms with Crippen LogP contribution >= 0.6 is 0 Å². The van der Waals surface area contributed by atoms with Gasteiger partial charge in [-0.25, -0.2) is 0 Å². The smallest absolute Gasteiger partial charge is 0.390 e. The van der Waals surface area contributed by atoms with Gasteiger partial charge in [0, 0.05) is 26.2 Å². The maximum atomic E-state index is 12.6. The van der Waals surface area contributed by atoms with Crippen LogP contribution in [0.2, 0.25) is 0 Å². The lowest BCUT2D eigenvalue weighted by Gasteiger charge is -2.28. The second-order valence-corrected chi connectivity index (χ2v) is 5.32. The number of ether oxygens (including phenoxy) is 1. The van der Waals surface area contributed by atoms with Crippen LogP contribution in [0.3, 0.4) is 0 Å². The van der Waals surface area contributed by atoms with E-state index in [9.17, 15) is 18.3 Å². The number of nitrogens with zero attached hydrogens (tertiary/aromatic N) is 2. The molecule has 1 aromatic carbocycles. The summed E-state index contributed by atoms with van der Waals surface area (Å²) in [5.74, 6) is 0. The number of aliphatic hydroxyl groups is 1. The van der Waals surface area contributed by atoms with Crippen molar-refractivity contribution in [3.05, 3.63) is 29.3 Å². The highest BCUT2D eigenvalue weighted by Gasteiger charge is 2.31. The largest absolute Gasteiger partial charge is 0.416 e. The van der Waals surface area contributed by atoms with Gasteiger partial charge >= 0.3 is 6.18 Å². The minimum atomic E-state index is -4.49. The first-order valence-corrected chi connectivity index (χ1v) is 7.23. The summed E-state index contributed by atoms with van der Waals surface area (Å²) in [7, 11) is 0. The number of alkyl halides is 3. The van der Waals surface area contributed by atoms with Crippen LogP contribution in [0.15, 0.2) is 18.2 Å². The first-order chi connectivity index (χ1) is 10.9. The molecule has 1 aromatic rings. The number of morpholine rings is 1. The molecule has 0 radical (unpaired) electrons. The molecule has 2 rings (SSSR count). The summed E-state index contributed by atoms with van der Waals surface area (Å²) in [6, 6.07) is 4.67. The summed E-state index contributed by atoms with van der Waals surface area (Å²) >= 11 is 0. The number of hydrogen-bond acceptors (Lipinski definition) is 5. The molecule has 1 atom stereocenters. The third-order valence-electron chi connectivity index (χ3n) is 3.57. The van der Waals surface area contributed by atoms with Gasteiger partial charge in [0.15, 0.2) is 0 Å². The highest BCUT2D eigenvalue weighted by Crippen LogP contribution is 2.31. The predicted octanol–water partition coefficient (Wildman–Crippen LogP) is 1.68. The fourth-order valence-electron chi connectivity index (χ4n) is 2.34. The Morgan fingerprint density at radius 3 is 2.65 bits per heavy atom. The van der Waals surface area contributed by atoms with Crippen LogP contribution in [0.25, 0.3) is 0 Å². The monoisotopic (exact) mass is 329 g/mol. The highest BCUT2D eigenvalue weighted by molar-refractivity contribution is 5.59. The molecular weight excluding hydrogens is 311 g/mol. The van der Waals surface area contributed by atoms with Gasteiger partial charge in [-0.1, -0.05) is 0 Å². The standard InChI is InChI=1S/C15H18F3N3O2/c16-15(17,18)12-1-2-14(11(7-12)8-19)20-9-13(22)10-21-3-5-23-6-4-21/h1-2,7,13,20,22H,3-6,9-10H2. The third kappa shape index (κ3) is 5.10. The van der Waals surface area contributed by atoms with Crippen LogP contribution in [0, 0.1) is 11.3 Å². The maximum Gasteiger partial charge on any atom is 0.416 e. The summed E-state index contributed by atoms with van der Waals surface area (Å²) in [5, 5.41) is 21.8. The van der Waals surface area contributed by atoms with Crippen LogP contribution in [-0.2, 0) is 10.9 Å². The lowest BCUT2D eigenvalue weighted by atomic mass is 10.1. The number of anilines is 1. The fraction of sp³-hybridized carbons (Fsp3) is 0.533. The number of benzene rings is 1. The van der Waals surface area contributed by atoms with E-state index in [4.69, 9.17) is 10.00 Å². The van der Waals surface area contributed by atoms with Gasteiger partial charge in [-0.15, -0.1) is 0 Å². The zero-order chi connectivity index (χ0) is 16.9. The lowest BCUT2D eigenvalue weighted by molar-refractivity contribution is -0.137. The van der Waals surface area contributed by atoms with Gasteiger partial charge in [0.05, 0.1) is 36.1 Å². The second kappa shape index (κ2) is 7.64. The Balaban J connectivity index is 1.93. The van der Waals surface area contributed by atoms with Gasteiger partial charge in [0.1, 0.15) is 6.07 Å². The van der Waals surface area contributed by atoms with Crippen molar-refractivity contribution in [1.82, 2.24) is 4.90 Å². The summed E-state index contributed by atoms with van der Waals surface area (Å²) < 4.78 is 43.1. The zero-order valence-corrected chi connectivity index (χ0v) is 12.4. The Kier molecular flexibility index (Phi) is 5.82. The van der Waals surface area contributed by atoms with Crippen molar-refractivity contribution in [2.45, 2.75) is 12.3 Å². The van der Waals surface area contributed by atoms with E-state index in [0.29, 0.717) is 19.8 Å². The summed E-state index contributed by atoms with van der Waals surface area (Å²) in [5.41, 5.74) is -0.687. The number of β-amino-alcohol motifs (C(OH)–C–C–N with tert-alkyl or cyclic N) is 1. The number of nitriles is 1. The van der Waals surface area contributed by atoms with E-state index in [1.807, 2.05) is 4.90 Å². The highest BCUT2D eigenvalue weighted by atomic mass is 19.4. The van der Waals surface area contributed by atoms with Gasteiger partial charge in [-0.2, -0.15) is 18.4 Å². The first kappa shape index (κ1) is 17.5. The van der Waals surface area contributed by atoms with Gasteiger partial charge in [-0.3, -0.25) is 4.90 Å². The number of rotatable bonds is 5. The van der Waals surface area contributed by atoms with Crippen LogP contribution < -0.4 is 5.32 Å². The fourth-order valence-corrected chi connectivity index (χ4v) is 2.34. The molecule has 0 aliphatic carbocycles. The number of halogens is 3. The molecule has 1 fully saturated rings. The Bertz CT molecular complexity index is 566. The summed E-state index contributed by atoms with van der Waals surface area (Å²) in [6.07, 6.45) is -5.18. The summed E-state index contributed by atoms with van der Waals surface area (Å²) in [4.78, 5) is 2.05. The predicted molar refractivity (Wildman–Crippen MR) is 77.9 cm³/mol.